The van der Waals surface area contributed by atoms with Crippen LogP contribution >= 0.6 is 33.9 Å². The Balaban J connectivity index is 3.12. The van der Waals surface area contributed by atoms with Gasteiger partial charge in [-0.3, -0.25) is 0 Å². The number of hydrogen-bond donors (Lipinski definition) is 0. The van der Waals surface area contributed by atoms with Crippen LogP contribution in [0.25, 0.3) is 0 Å². The highest BCUT2D eigenvalue weighted by molar-refractivity contribution is 14.1. The number of alkyl halides is 3. The highest BCUT2D eigenvalue weighted by Crippen LogP contribution is 2.35. The van der Waals surface area contributed by atoms with Crippen LogP contribution in [0, 0.1) is 3.01 Å². The van der Waals surface area contributed by atoms with Gasteiger partial charge in [0.25, 0.3) is 0 Å². The normalized spacial score (nSPS) is 11.5. The molecule has 8 heteroatoms. The Morgan fingerprint density at radius 2 is 2.20 bits per heavy atom. The third-order valence-corrected chi connectivity index (χ3v) is 3.06. The molecule has 0 atom stereocenters. The van der Waals surface area contributed by atoms with Crippen molar-refractivity contribution in [2.24, 2.45) is 0 Å². The van der Waals surface area contributed by atoms with E-state index in [1.807, 2.05) is 0 Å². The molecule has 0 N–H and O–H groups in total. The Bertz CT molecular complexity index is 377. The molecule has 0 amide bonds. The van der Waals surface area contributed by atoms with Crippen LogP contribution in [0.15, 0.2) is 0 Å². The summed E-state index contributed by atoms with van der Waals surface area (Å²) in [6.45, 7) is 1.56. The number of aromatic nitrogens is 1. The summed E-state index contributed by atoms with van der Waals surface area (Å²) < 4.78 is 41.8. The molecule has 0 spiro atoms. The van der Waals surface area contributed by atoms with Gasteiger partial charge in [0.05, 0.1) is 6.61 Å². The van der Waals surface area contributed by atoms with Crippen LogP contribution in [0.1, 0.15) is 22.3 Å². The number of esters is 1. The third-order valence-electron chi connectivity index (χ3n) is 1.33. The molecule has 0 unspecified atom stereocenters. The molecule has 0 bridgehead atoms. The van der Waals surface area contributed by atoms with Gasteiger partial charge in [-0.1, -0.05) is 0 Å². The molecule has 0 aliphatic heterocycles. The molecule has 1 aromatic heterocycles. The van der Waals surface area contributed by atoms with E-state index in [-0.39, 0.29) is 9.62 Å². The van der Waals surface area contributed by atoms with Crippen LogP contribution in [0.3, 0.4) is 0 Å². The summed E-state index contributed by atoms with van der Waals surface area (Å²) in [5.74, 6) is -0.981. The molecular weight excluding hydrogens is 346 g/mol. The van der Waals surface area contributed by atoms with Crippen molar-refractivity contribution in [1.82, 2.24) is 4.98 Å². The van der Waals surface area contributed by atoms with Gasteiger partial charge in [0.15, 0.2) is 8.71 Å². The molecule has 84 valence electrons. The molecular formula is C7H5F3INO2S. The first-order chi connectivity index (χ1) is 6.86. The second-order valence-electron chi connectivity index (χ2n) is 2.36. The van der Waals surface area contributed by atoms with Crippen LogP contribution < -0.4 is 0 Å². The van der Waals surface area contributed by atoms with Crippen molar-refractivity contribution >= 4 is 39.9 Å². The van der Waals surface area contributed by atoms with Crippen LogP contribution in [0.5, 0.6) is 0 Å². The van der Waals surface area contributed by atoms with E-state index < -0.39 is 22.7 Å². The number of carbonyl (C=O) groups is 1. The third kappa shape index (κ3) is 3.03. The van der Waals surface area contributed by atoms with Gasteiger partial charge in [-0.25, -0.2) is 9.78 Å². The van der Waals surface area contributed by atoms with Crippen molar-refractivity contribution in [1.29, 1.82) is 0 Å². The summed E-state index contributed by atoms with van der Waals surface area (Å²) in [7, 11) is 0. The van der Waals surface area contributed by atoms with Gasteiger partial charge in [0.2, 0.25) is 0 Å². The minimum Gasteiger partial charge on any atom is -0.462 e. The molecule has 0 aliphatic carbocycles. The van der Waals surface area contributed by atoms with Gasteiger partial charge in [0.1, 0.15) is 4.88 Å². The lowest BCUT2D eigenvalue weighted by atomic mass is 10.3. The van der Waals surface area contributed by atoms with E-state index in [4.69, 9.17) is 0 Å². The van der Waals surface area contributed by atoms with E-state index in [1.165, 1.54) is 6.92 Å². The van der Waals surface area contributed by atoms with E-state index >= 15 is 0 Å². The van der Waals surface area contributed by atoms with E-state index in [2.05, 4.69) is 9.72 Å². The number of halogens is 4. The van der Waals surface area contributed by atoms with Gasteiger partial charge in [-0.15, -0.1) is 11.3 Å². The van der Waals surface area contributed by atoms with E-state index in [0.717, 1.165) is 0 Å². The van der Waals surface area contributed by atoms with Crippen LogP contribution in [0.4, 0.5) is 13.2 Å². The zero-order valence-electron chi connectivity index (χ0n) is 7.39. The fourth-order valence-corrected chi connectivity index (χ4v) is 2.43. The summed E-state index contributed by atoms with van der Waals surface area (Å²) in [5.41, 5.74) is -1.17. The molecule has 0 aliphatic rings. The van der Waals surface area contributed by atoms with E-state index in [9.17, 15) is 18.0 Å². The van der Waals surface area contributed by atoms with Crippen LogP contribution in [-0.2, 0) is 10.9 Å². The number of carbonyl (C=O) groups excluding carboxylic acids is 1. The average molecular weight is 351 g/mol. The van der Waals surface area contributed by atoms with Crippen LogP contribution in [0.2, 0.25) is 0 Å². The summed E-state index contributed by atoms with van der Waals surface area (Å²) in [6, 6.07) is 0. The monoisotopic (exact) mass is 351 g/mol. The Labute approximate surface area is 101 Å². The number of hydrogen-bond acceptors (Lipinski definition) is 4. The predicted molar refractivity (Wildman–Crippen MR) is 55.8 cm³/mol. The van der Waals surface area contributed by atoms with Crippen molar-refractivity contribution in [2.45, 2.75) is 13.1 Å². The summed E-state index contributed by atoms with van der Waals surface area (Å²) in [5, 5.41) is 0. The van der Waals surface area contributed by atoms with Crippen molar-refractivity contribution in [3.63, 3.8) is 0 Å². The molecule has 15 heavy (non-hydrogen) atoms. The second kappa shape index (κ2) is 4.64. The maximum absolute atomic E-state index is 12.4. The minimum atomic E-state index is -4.62. The number of nitrogens with zero attached hydrogens (tertiary/aromatic N) is 1. The topological polar surface area (TPSA) is 39.2 Å². The number of ether oxygens (including phenoxy) is 1. The predicted octanol–water partition coefficient (Wildman–Crippen LogP) is 2.94. The molecule has 0 saturated carbocycles. The van der Waals surface area contributed by atoms with Gasteiger partial charge in [-0.2, -0.15) is 13.2 Å². The standard InChI is InChI=1S/C7H5F3INO2S/c1-2-14-5(13)3-4(7(8,9)10)12-6(11)15-3/h2H2,1H3. The molecule has 1 heterocycles. The Hall–Kier alpha value is -0.380. The largest absolute Gasteiger partial charge is 0.462 e. The molecule has 0 aromatic carbocycles. The van der Waals surface area contributed by atoms with E-state index in [0.29, 0.717) is 11.3 Å². The minimum absolute atomic E-state index is 0.0324. The SMILES string of the molecule is CCOC(=O)c1sc(I)nc1C(F)(F)F. The van der Waals surface area contributed by atoms with Crippen LogP contribution in [-0.4, -0.2) is 17.6 Å². The maximum atomic E-state index is 12.4. The van der Waals surface area contributed by atoms with Gasteiger partial charge >= 0.3 is 12.1 Å². The van der Waals surface area contributed by atoms with Crippen molar-refractivity contribution in [3.8, 4) is 0 Å². The average Bonchev–Trinajstić information content (AvgIpc) is 2.47. The zero-order chi connectivity index (χ0) is 11.6. The summed E-state index contributed by atoms with van der Waals surface area (Å²) in [4.78, 5) is 13.9. The lowest BCUT2D eigenvalue weighted by molar-refractivity contribution is -0.141. The van der Waals surface area contributed by atoms with E-state index in [1.54, 1.807) is 22.6 Å². The molecule has 0 saturated heterocycles. The van der Waals surface area contributed by atoms with Gasteiger partial charge < -0.3 is 4.74 Å². The highest BCUT2D eigenvalue weighted by atomic mass is 127. The first-order valence-electron chi connectivity index (χ1n) is 3.77. The maximum Gasteiger partial charge on any atom is 0.435 e. The van der Waals surface area contributed by atoms with Crippen molar-refractivity contribution in [3.05, 3.63) is 13.6 Å². The van der Waals surface area contributed by atoms with Gasteiger partial charge in [-0.05, 0) is 29.5 Å². The lowest BCUT2D eigenvalue weighted by Gasteiger charge is -2.04. The Morgan fingerprint density at radius 3 is 2.67 bits per heavy atom. The summed E-state index contributed by atoms with van der Waals surface area (Å²) >= 11 is 2.30. The zero-order valence-corrected chi connectivity index (χ0v) is 10.4. The molecule has 0 fully saturated rings. The Morgan fingerprint density at radius 1 is 1.60 bits per heavy atom. The first kappa shape index (κ1) is 12.7. The quantitative estimate of drug-likeness (QED) is 0.608. The molecule has 1 rings (SSSR count). The smallest absolute Gasteiger partial charge is 0.435 e. The van der Waals surface area contributed by atoms with Gasteiger partial charge in [0, 0.05) is 0 Å². The second-order valence-corrected chi connectivity index (χ2v) is 5.12. The number of thiazole rings is 1. The highest BCUT2D eigenvalue weighted by Gasteiger charge is 2.39. The van der Waals surface area contributed by atoms with Crippen molar-refractivity contribution < 1.29 is 22.7 Å². The Kier molecular flexibility index (Phi) is 3.93. The number of rotatable bonds is 2. The molecule has 1 aromatic rings. The lowest BCUT2D eigenvalue weighted by Crippen LogP contribution is -2.13. The first-order valence-corrected chi connectivity index (χ1v) is 5.66. The fourth-order valence-electron chi connectivity index (χ4n) is 0.821. The molecule has 3 nitrogen and oxygen atoms in total. The van der Waals surface area contributed by atoms with Crippen molar-refractivity contribution in [2.75, 3.05) is 6.61 Å². The molecule has 0 radical (unpaired) electrons. The fraction of sp³-hybridized carbons (Fsp3) is 0.429. The summed E-state index contributed by atoms with van der Waals surface area (Å²) in [6.07, 6.45) is -4.62.